The second-order valence-corrected chi connectivity index (χ2v) is 8.89. The Hall–Kier alpha value is -3.56. The highest BCUT2D eigenvalue weighted by molar-refractivity contribution is 7.19. The fourth-order valence-corrected chi connectivity index (χ4v) is 4.60. The van der Waals surface area contributed by atoms with Crippen LogP contribution in [0.15, 0.2) is 66.7 Å². The summed E-state index contributed by atoms with van der Waals surface area (Å²) in [4.78, 5) is 27.8. The van der Waals surface area contributed by atoms with Gasteiger partial charge in [0.25, 0.3) is 5.91 Å². The lowest BCUT2D eigenvalue weighted by molar-refractivity contribution is -0.380. The van der Waals surface area contributed by atoms with Gasteiger partial charge >= 0.3 is 5.00 Å². The SMILES string of the molecule is CCCc1ccc(-c2nc(NC(=O)c3ccc([N+](=O)[O-])s3)sc2Oc2ccccc2)cc1. The lowest BCUT2D eigenvalue weighted by atomic mass is 10.1. The molecule has 2 aromatic heterocycles. The number of aromatic nitrogens is 1. The van der Waals surface area contributed by atoms with Gasteiger partial charge in [-0.1, -0.05) is 78.5 Å². The number of benzene rings is 2. The molecule has 0 aliphatic heterocycles. The van der Waals surface area contributed by atoms with E-state index in [1.54, 1.807) is 0 Å². The standard InChI is InChI=1S/C23H19N3O4S2/c1-2-6-15-9-11-16(12-10-15)20-22(30-17-7-4-3-5-8-17)32-23(24-20)25-21(27)18-13-14-19(31-18)26(28)29/h3-5,7-14H,2,6H2,1H3,(H,24,25,27). The number of thiophene rings is 1. The van der Waals surface area contributed by atoms with Crippen molar-refractivity contribution < 1.29 is 14.5 Å². The van der Waals surface area contributed by atoms with E-state index in [1.807, 2.05) is 42.5 Å². The summed E-state index contributed by atoms with van der Waals surface area (Å²) in [5.41, 5.74) is 2.73. The third kappa shape index (κ3) is 5.01. The predicted molar refractivity (Wildman–Crippen MR) is 127 cm³/mol. The first-order valence-electron chi connectivity index (χ1n) is 9.92. The number of nitro groups is 1. The van der Waals surface area contributed by atoms with Crippen LogP contribution in [-0.4, -0.2) is 15.8 Å². The number of nitrogens with one attached hydrogen (secondary N) is 1. The number of thiazole rings is 1. The van der Waals surface area contributed by atoms with Crippen molar-refractivity contribution in [2.24, 2.45) is 0 Å². The largest absolute Gasteiger partial charge is 0.444 e. The van der Waals surface area contributed by atoms with E-state index in [0.29, 0.717) is 21.6 Å². The maximum absolute atomic E-state index is 12.6. The minimum atomic E-state index is -0.517. The first kappa shape index (κ1) is 21.7. The van der Waals surface area contributed by atoms with Gasteiger partial charge in [0.05, 0.1) is 9.80 Å². The molecule has 0 saturated heterocycles. The van der Waals surface area contributed by atoms with E-state index in [9.17, 15) is 14.9 Å². The third-order valence-electron chi connectivity index (χ3n) is 4.53. The summed E-state index contributed by atoms with van der Waals surface area (Å²) in [5, 5.41) is 14.4. The van der Waals surface area contributed by atoms with Gasteiger partial charge in [-0.05, 0) is 30.2 Å². The second-order valence-electron chi connectivity index (χ2n) is 6.87. The van der Waals surface area contributed by atoms with E-state index in [0.717, 1.165) is 29.7 Å². The van der Waals surface area contributed by atoms with Crippen molar-refractivity contribution in [3.05, 3.63) is 87.3 Å². The highest BCUT2D eigenvalue weighted by Gasteiger charge is 2.20. The smallest absolute Gasteiger partial charge is 0.324 e. The van der Waals surface area contributed by atoms with E-state index < -0.39 is 10.8 Å². The Labute approximate surface area is 192 Å². The normalized spacial score (nSPS) is 10.7. The summed E-state index contributed by atoms with van der Waals surface area (Å²) >= 11 is 2.02. The van der Waals surface area contributed by atoms with Gasteiger partial charge in [0.1, 0.15) is 11.4 Å². The van der Waals surface area contributed by atoms with E-state index in [2.05, 4.69) is 29.4 Å². The molecule has 4 aromatic rings. The number of hydrogen-bond donors (Lipinski definition) is 1. The molecule has 0 unspecified atom stereocenters. The number of carbonyl (C=O) groups is 1. The number of rotatable bonds is 8. The molecule has 0 atom stereocenters. The monoisotopic (exact) mass is 465 g/mol. The number of anilines is 1. The quantitative estimate of drug-likeness (QED) is 0.229. The van der Waals surface area contributed by atoms with Crippen LogP contribution in [0.4, 0.5) is 10.1 Å². The molecular formula is C23H19N3O4S2. The number of para-hydroxylation sites is 1. The Morgan fingerprint density at radius 2 is 1.81 bits per heavy atom. The lowest BCUT2D eigenvalue weighted by Crippen LogP contribution is -2.09. The zero-order valence-corrected chi connectivity index (χ0v) is 18.7. The molecule has 0 bridgehead atoms. The highest BCUT2D eigenvalue weighted by Crippen LogP contribution is 2.41. The van der Waals surface area contributed by atoms with Crippen molar-refractivity contribution in [2.45, 2.75) is 19.8 Å². The molecule has 0 radical (unpaired) electrons. The van der Waals surface area contributed by atoms with Gasteiger partial charge in [-0.2, -0.15) is 0 Å². The molecule has 0 spiro atoms. The Balaban J connectivity index is 1.63. The van der Waals surface area contributed by atoms with Gasteiger partial charge in [0.15, 0.2) is 5.13 Å². The fourth-order valence-electron chi connectivity index (χ4n) is 3.03. The van der Waals surface area contributed by atoms with Crippen LogP contribution in [0.3, 0.4) is 0 Å². The minimum Gasteiger partial charge on any atom is -0.444 e. The average molecular weight is 466 g/mol. The van der Waals surface area contributed by atoms with Crippen LogP contribution in [-0.2, 0) is 6.42 Å². The molecule has 0 aliphatic carbocycles. The Kier molecular flexibility index (Phi) is 6.58. The molecular weight excluding hydrogens is 446 g/mol. The third-order valence-corrected chi connectivity index (χ3v) is 6.42. The molecule has 1 amide bonds. The molecule has 1 N–H and O–H groups in total. The van der Waals surface area contributed by atoms with Crippen LogP contribution in [0.1, 0.15) is 28.6 Å². The van der Waals surface area contributed by atoms with Gasteiger partial charge in [-0.25, -0.2) is 4.98 Å². The molecule has 0 saturated carbocycles. The van der Waals surface area contributed by atoms with Crippen LogP contribution < -0.4 is 10.1 Å². The molecule has 0 aliphatic rings. The van der Waals surface area contributed by atoms with Crippen LogP contribution >= 0.6 is 22.7 Å². The summed E-state index contributed by atoms with van der Waals surface area (Å²) in [6.45, 7) is 2.14. The number of amides is 1. The molecule has 9 heteroatoms. The van der Waals surface area contributed by atoms with Gasteiger partial charge in [-0.15, -0.1) is 0 Å². The van der Waals surface area contributed by atoms with Crippen molar-refractivity contribution in [3.8, 4) is 22.1 Å². The fraction of sp³-hybridized carbons (Fsp3) is 0.130. The molecule has 32 heavy (non-hydrogen) atoms. The van der Waals surface area contributed by atoms with Crippen molar-refractivity contribution in [1.82, 2.24) is 4.98 Å². The Bertz CT molecular complexity index is 1230. The van der Waals surface area contributed by atoms with Gasteiger partial charge in [0.2, 0.25) is 5.06 Å². The Morgan fingerprint density at radius 1 is 1.06 bits per heavy atom. The predicted octanol–water partition coefficient (Wildman–Crippen LogP) is 6.78. The second kappa shape index (κ2) is 9.71. The molecule has 162 valence electrons. The summed E-state index contributed by atoms with van der Waals surface area (Å²) in [6.07, 6.45) is 2.06. The van der Waals surface area contributed by atoms with E-state index in [-0.39, 0.29) is 9.88 Å². The van der Waals surface area contributed by atoms with Crippen molar-refractivity contribution in [2.75, 3.05) is 5.32 Å². The summed E-state index contributed by atoms with van der Waals surface area (Å²) in [7, 11) is 0. The zero-order valence-electron chi connectivity index (χ0n) is 17.1. The highest BCUT2D eigenvalue weighted by atomic mass is 32.1. The maximum Gasteiger partial charge on any atom is 0.324 e. The van der Waals surface area contributed by atoms with E-state index >= 15 is 0 Å². The van der Waals surface area contributed by atoms with Crippen molar-refractivity contribution in [1.29, 1.82) is 0 Å². The summed E-state index contributed by atoms with van der Waals surface area (Å²) in [6, 6.07) is 20.2. The van der Waals surface area contributed by atoms with Crippen molar-refractivity contribution in [3.63, 3.8) is 0 Å². The molecule has 7 nitrogen and oxygen atoms in total. The lowest BCUT2D eigenvalue weighted by Gasteiger charge is -2.06. The van der Waals surface area contributed by atoms with Crippen LogP contribution in [0.2, 0.25) is 0 Å². The molecule has 2 aromatic carbocycles. The number of hydrogen-bond acceptors (Lipinski definition) is 7. The number of ether oxygens (including phenoxy) is 1. The van der Waals surface area contributed by atoms with E-state index in [4.69, 9.17) is 4.74 Å². The van der Waals surface area contributed by atoms with Crippen molar-refractivity contribution >= 4 is 38.7 Å². The minimum absolute atomic E-state index is 0.0877. The van der Waals surface area contributed by atoms with Gasteiger partial charge in [0, 0.05) is 11.6 Å². The zero-order chi connectivity index (χ0) is 22.5. The van der Waals surface area contributed by atoms with Crippen LogP contribution in [0, 0.1) is 10.1 Å². The first-order chi connectivity index (χ1) is 15.5. The first-order valence-corrected chi connectivity index (χ1v) is 11.6. The molecule has 4 rings (SSSR count). The number of nitrogens with zero attached hydrogens (tertiary/aromatic N) is 2. The van der Waals surface area contributed by atoms with Gasteiger partial charge in [-0.3, -0.25) is 20.2 Å². The van der Waals surface area contributed by atoms with E-state index in [1.165, 1.54) is 29.0 Å². The number of aryl methyl sites for hydroxylation is 1. The molecule has 2 heterocycles. The van der Waals surface area contributed by atoms with Crippen LogP contribution in [0.25, 0.3) is 11.3 Å². The summed E-state index contributed by atoms with van der Waals surface area (Å²) < 4.78 is 6.06. The van der Waals surface area contributed by atoms with Crippen LogP contribution in [0.5, 0.6) is 10.8 Å². The average Bonchev–Trinajstić information content (AvgIpc) is 3.43. The topological polar surface area (TPSA) is 94.4 Å². The van der Waals surface area contributed by atoms with Gasteiger partial charge < -0.3 is 4.74 Å². The molecule has 0 fully saturated rings. The maximum atomic E-state index is 12.6. The summed E-state index contributed by atoms with van der Waals surface area (Å²) in [5.74, 6) is 0.208. The Morgan fingerprint density at radius 3 is 2.47 bits per heavy atom. The number of carbonyl (C=O) groups excluding carboxylic acids is 1.